The summed E-state index contributed by atoms with van der Waals surface area (Å²) < 4.78 is 12.7. The summed E-state index contributed by atoms with van der Waals surface area (Å²) in [5.41, 5.74) is 0. The van der Waals surface area contributed by atoms with Gasteiger partial charge >= 0.3 is 5.97 Å². The molecule has 4 nitrogen and oxygen atoms in total. The number of hydrogen-bond donors (Lipinski definition) is 2. The van der Waals surface area contributed by atoms with E-state index in [9.17, 15) is 14.0 Å². The van der Waals surface area contributed by atoms with Gasteiger partial charge in [0.15, 0.2) is 0 Å². The Bertz CT molecular complexity index is 478. The van der Waals surface area contributed by atoms with Crippen LogP contribution in [0.15, 0.2) is 29.2 Å². The number of benzene rings is 1. The van der Waals surface area contributed by atoms with Crippen LogP contribution in [0.25, 0.3) is 0 Å². The molecule has 21 heavy (non-hydrogen) atoms. The van der Waals surface area contributed by atoms with Crippen LogP contribution in [0.1, 0.15) is 26.7 Å². The maximum Gasteiger partial charge on any atom is 0.326 e. The lowest BCUT2D eigenvalue weighted by Crippen LogP contribution is -2.45. The van der Waals surface area contributed by atoms with Crippen LogP contribution in [0.5, 0.6) is 0 Å². The molecular formula is C15H20FNO3S. The third-order valence-corrected chi connectivity index (χ3v) is 4.22. The van der Waals surface area contributed by atoms with Gasteiger partial charge in [-0.3, -0.25) is 4.79 Å². The van der Waals surface area contributed by atoms with E-state index in [1.807, 2.05) is 6.92 Å². The molecule has 6 heteroatoms. The number of carbonyl (C=O) groups excluding carboxylic acids is 1. The van der Waals surface area contributed by atoms with E-state index in [0.29, 0.717) is 12.2 Å². The fraction of sp³-hybridized carbons (Fsp3) is 0.467. The number of thioether (sulfide) groups is 1. The summed E-state index contributed by atoms with van der Waals surface area (Å²) in [4.78, 5) is 23.8. The summed E-state index contributed by atoms with van der Waals surface area (Å²) in [6, 6.07) is 5.18. The SMILES string of the molecule is CCC(C)[C@H](NC(=O)CCSc1ccc(F)cc1)C(=O)O. The summed E-state index contributed by atoms with van der Waals surface area (Å²) in [5.74, 6) is -1.18. The van der Waals surface area contributed by atoms with Gasteiger partial charge in [0.2, 0.25) is 5.91 Å². The highest BCUT2D eigenvalue weighted by atomic mass is 32.2. The molecule has 1 amide bonds. The Morgan fingerprint density at radius 2 is 1.95 bits per heavy atom. The second-order valence-electron chi connectivity index (χ2n) is 4.82. The summed E-state index contributed by atoms with van der Waals surface area (Å²) in [7, 11) is 0. The van der Waals surface area contributed by atoms with E-state index in [0.717, 1.165) is 4.90 Å². The Hall–Kier alpha value is -1.56. The van der Waals surface area contributed by atoms with Crippen LogP contribution in [0.2, 0.25) is 0 Å². The maximum atomic E-state index is 12.7. The predicted octanol–water partition coefficient (Wildman–Crippen LogP) is 2.92. The quantitative estimate of drug-likeness (QED) is 0.724. The molecule has 0 fully saturated rings. The molecule has 1 aromatic rings. The lowest BCUT2D eigenvalue weighted by molar-refractivity contribution is -0.143. The Morgan fingerprint density at radius 3 is 2.48 bits per heavy atom. The van der Waals surface area contributed by atoms with E-state index in [1.165, 1.54) is 23.9 Å². The molecule has 0 saturated heterocycles. The average Bonchev–Trinajstić information content (AvgIpc) is 2.45. The fourth-order valence-electron chi connectivity index (χ4n) is 1.72. The Kier molecular flexibility index (Phi) is 7.22. The first-order valence-corrected chi connectivity index (χ1v) is 7.83. The summed E-state index contributed by atoms with van der Waals surface area (Å²) in [6.07, 6.45) is 0.907. The van der Waals surface area contributed by atoms with Gasteiger partial charge in [0, 0.05) is 17.1 Å². The molecule has 0 aromatic heterocycles. The zero-order valence-electron chi connectivity index (χ0n) is 12.1. The van der Waals surface area contributed by atoms with Gasteiger partial charge in [-0.2, -0.15) is 0 Å². The van der Waals surface area contributed by atoms with Gasteiger partial charge in [-0.1, -0.05) is 20.3 Å². The molecule has 0 spiro atoms. The van der Waals surface area contributed by atoms with E-state index in [1.54, 1.807) is 19.1 Å². The van der Waals surface area contributed by atoms with E-state index < -0.39 is 12.0 Å². The van der Waals surface area contributed by atoms with E-state index in [2.05, 4.69) is 5.32 Å². The molecule has 0 bridgehead atoms. The standard InChI is InChI=1S/C15H20FNO3S/c1-3-10(2)14(15(19)20)17-13(18)8-9-21-12-6-4-11(16)5-7-12/h4-7,10,14H,3,8-9H2,1-2H3,(H,17,18)(H,19,20)/t10?,14-/m0/s1. The molecule has 2 atom stereocenters. The van der Waals surface area contributed by atoms with Crippen molar-refractivity contribution >= 4 is 23.6 Å². The molecule has 0 aliphatic rings. The minimum atomic E-state index is -1.01. The number of aliphatic carboxylic acids is 1. The molecule has 0 saturated carbocycles. The van der Waals surface area contributed by atoms with Crippen molar-refractivity contribution in [3.05, 3.63) is 30.1 Å². The van der Waals surface area contributed by atoms with Crippen LogP contribution >= 0.6 is 11.8 Å². The van der Waals surface area contributed by atoms with Crippen LogP contribution in [-0.2, 0) is 9.59 Å². The third kappa shape index (κ3) is 6.16. The normalized spacial score (nSPS) is 13.5. The summed E-state index contributed by atoms with van der Waals surface area (Å²) in [6.45, 7) is 3.68. The van der Waals surface area contributed by atoms with Gasteiger partial charge in [-0.05, 0) is 30.2 Å². The number of carbonyl (C=O) groups is 2. The molecule has 1 rings (SSSR count). The zero-order valence-corrected chi connectivity index (χ0v) is 13.0. The smallest absolute Gasteiger partial charge is 0.326 e. The molecule has 1 unspecified atom stereocenters. The van der Waals surface area contributed by atoms with Crippen LogP contribution in [-0.4, -0.2) is 28.8 Å². The van der Waals surface area contributed by atoms with Gasteiger partial charge in [-0.15, -0.1) is 11.8 Å². The van der Waals surface area contributed by atoms with Crippen LogP contribution < -0.4 is 5.32 Å². The number of hydrogen-bond acceptors (Lipinski definition) is 3. The minimum Gasteiger partial charge on any atom is -0.480 e. The molecule has 2 N–H and O–H groups in total. The van der Waals surface area contributed by atoms with E-state index >= 15 is 0 Å². The van der Waals surface area contributed by atoms with Crippen molar-refractivity contribution in [3.63, 3.8) is 0 Å². The lowest BCUT2D eigenvalue weighted by Gasteiger charge is -2.20. The third-order valence-electron chi connectivity index (χ3n) is 3.21. The predicted molar refractivity (Wildman–Crippen MR) is 80.8 cm³/mol. The highest BCUT2D eigenvalue weighted by Gasteiger charge is 2.24. The first kappa shape index (κ1) is 17.5. The summed E-state index contributed by atoms with van der Waals surface area (Å²) in [5, 5.41) is 11.6. The van der Waals surface area contributed by atoms with Crippen molar-refractivity contribution in [3.8, 4) is 0 Å². The highest BCUT2D eigenvalue weighted by Crippen LogP contribution is 2.19. The van der Waals surface area contributed by atoms with Crippen molar-refractivity contribution in [2.24, 2.45) is 5.92 Å². The monoisotopic (exact) mass is 313 g/mol. The van der Waals surface area contributed by atoms with Crippen molar-refractivity contribution < 1.29 is 19.1 Å². The average molecular weight is 313 g/mol. The number of amides is 1. The van der Waals surface area contributed by atoms with Crippen molar-refractivity contribution in [2.45, 2.75) is 37.6 Å². The Morgan fingerprint density at radius 1 is 1.33 bits per heavy atom. The summed E-state index contributed by atoms with van der Waals surface area (Å²) >= 11 is 1.43. The van der Waals surface area contributed by atoms with Crippen molar-refractivity contribution in [2.75, 3.05) is 5.75 Å². The molecule has 0 aliphatic carbocycles. The highest BCUT2D eigenvalue weighted by molar-refractivity contribution is 7.99. The zero-order chi connectivity index (χ0) is 15.8. The molecule has 0 heterocycles. The molecule has 0 aliphatic heterocycles. The van der Waals surface area contributed by atoms with Gasteiger partial charge < -0.3 is 10.4 Å². The first-order valence-electron chi connectivity index (χ1n) is 6.84. The number of rotatable bonds is 8. The number of halogens is 1. The Balaban J connectivity index is 2.39. The van der Waals surface area contributed by atoms with E-state index in [4.69, 9.17) is 5.11 Å². The van der Waals surface area contributed by atoms with Gasteiger partial charge in [0.05, 0.1) is 0 Å². The first-order chi connectivity index (χ1) is 9.93. The number of carboxylic acids is 1. The second kappa shape index (κ2) is 8.67. The van der Waals surface area contributed by atoms with Gasteiger partial charge in [0.1, 0.15) is 11.9 Å². The molecule has 116 valence electrons. The van der Waals surface area contributed by atoms with Gasteiger partial charge in [-0.25, -0.2) is 9.18 Å². The van der Waals surface area contributed by atoms with Crippen LogP contribution in [0, 0.1) is 11.7 Å². The second-order valence-corrected chi connectivity index (χ2v) is 5.99. The van der Waals surface area contributed by atoms with Crippen molar-refractivity contribution in [1.29, 1.82) is 0 Å². The maximum absolute atomic E-state index is 12.7. The van der Waals surface area contributed by atoms with E-state index in [-0.39, 0.29) is 24.1 Å². The van der Waals surface area contributed by atoms with Crippen LogP contribution in [0.3, 0.4) is 0 Å². The van der Waals surface area contributed by atoms with Gasteiger partial charge in [0.25, 0.3) is 0 Å². The lowest BCUT2D eigenvalue weighted by atomic mass is 9.99. The number of nitrogens with one attached hydrogen (secondary N) is 1. The number of carboxylic acid groups (broad SMARTS) is 1. The molecule has 0 radical (unpaired) electrons. The van der Waals surface area contributed by atoms with Crippen LogP contribution in [0.4, 0.5) is 4.39 Å². The molecular weight excluding hydrogens is 293 g/mol. The largest absolute Gasteiger partial charge is 0.480 e. The van der Waals surface area contributed by atoms with Crippen molar-refractivity contribution in [1.82, 2.24) is 5.32 Å². The molecule has 1 aromatic carbocycles. The topological polar surface area (TPSA) is 66.4 Å². The minimum absolute atomic E-state index is 0.115. The fourth-order valence-corrected chi connectivity index (χ4v) is 2.57. The Labute approximate surface area is 128 Å².